The minimum Gasteiger partial charge on any atom is -0.480 e. The Kier molecular flexibility index (Phi) is 8.34. The molecule has 3 N–H and O–H groups in total. The van der Waals surface area contributed by atoms with Crippen LogP contribution in [0.3, 0.4) is 0 Å². The van der Waals surface area contributed by atoms with Crippen molar-refractivity contribution in [2.45, 2.75) is 31.2 Å². The third kappa shape index (κ3) is 6.47. The quantitative estimate of drug-likeness (QED) is 0.163. The van der Waals surface area contributed by atoms with Gasteiger partial charge in [0.15, 0.2) is 0 Å². The first-order valence-corrected chi connectivity index (χ1v) is 12.3. The molecular formula is C27H26N4O8. The number of carboxylic acid groups (broad SMARTS) is 1. The van der Waals surface area contributed by atoms with Gasteiger partial charge in [-0.1, -0.05) is 48.5 Å². The molecule has 0 bridgehead atoms. The van der Waals surface area contributed by atoms with E-state index in [1.165, 1.54) is 12.1 Å². The van der Waals surface area contributed by atoms with Gasteiger partial charge in [0.1, 0.15) is 12.6 Å². The Bertz CT molecular complexity index is 1330. The number of nitrogens with zero attached hydrogens (tertiary/aromatic N) is 2. The fraction of sp³-hybridized carbons (Fsp3) is 0.259. The summed E-state index contributed by atoms with van der Waals surface area (Å²) in [6.07, 6.45) is 0.138. The molecule has 1 unspecified atom stereocenters. The van der Waals surface area contributed by atoms with E-state index in [1.807, 2.05) is 48.5 Å². The minimum atomic E-state index is -1.20. The number of fused-ring (bicyclic) bond motifs is 3. The second-order valence-corrected chi connectivity index (χ2v) is 9.04. The number of amides is 1. The van der Waals surface area contributed by atoms with Crippen molar-refractivity contribution in [2.24, 2.45) is 0 Å². The second-order valence-electron chi connectivity index (χ2n) is 9.04. The Morgan fingerprint density at radius 2 is 1.46 bits per heavy atom. The zero-order chi connectivity index (χ0) is 27.9. The molecule has 0 saturated heterocycles. The molecule has 0 fully saturated rings. The number of hydrogen-bond acceptors (Lipinski definition) is 8. The molecule has 0 radical (unpaired) electrons. The molecule has 39 heavy (non-hydrogen) atoms. The molecule has 3 aromatic carbocycles. The smallest absolute Gasteiger partial charge is 0.407 e. The number of ether oxygens (including phenoxy) is 1. The Morgan fingerprint density at radius 1 is 0.897 bits per heavy atom. The highest BCUT2D eigenvalue weighted by Crippen LogP contribution is 2.44. The number of carbonyl (C=O) groups excluding carboxylic acids is 1. The third-order valence-corrected chi connectivity index (χ3v) is 6.51. The molecule has 0 aromatic heterocycles. The van der Waals surface area contributed by atoms with Crippen molar-refractivity contribution < 1.29 is 29.3 Å². The van der Waals surface area contributed by atoms with Crippen molar-refractivity contribution in [1.82, 2.24) is 5.32 Å². The minimum absolute atomic E-state index is 0.0610. The van der Waals surface area contributed by atoms with Crippen molar-refractivity contribution in [3.05, 3.63) is 98.1 Å². The number of carboxylic acids is 1. The van der Waals surface area contributed by atoms with Gasteiger partial charge in [-0.2, -0.15) is 0 Å². The third-order valence-electron chi connectivity index (χ3n) is 6.51. The number of nitro groups is 2. The van der Waals surface area contributed by atoms with Crippen molar-refractivity contribution in [3.63, 3.8) is 0 Å². The summed E-state index contributed by atoms with van der Waals surface area (Å²) in [6, 6.07) is 17.8. The van der Waals surface area contributed by atoms with E-state index in [2.05, 4.69) is 10.6 Å². The van der Waals surface area contributed by atoms with Gasteiger partial charge in [0.05, 0.1) is 15.9 Å². The number of nitro benzene ring substituents is 2. The standard InChI is InChI=1S/C27H26N4O8/c32-26(33)25(11-5-6-12-28-17-13-18(30(35)36)15-19(14-17)31(37)38)29-27(34)39-16-24-22-9-3-1-7-20(22)21-8-2-4-10-23(21)24/h1-4,7-10,13-15,24-25,28H,5-6,11-12,16H2,(H,29,34)(H,32,33). The number of hydrogen-bond donors (Lipinski definition) is 3. The average molecular weight is 535 g/mol. The SMILES string of the molecule is O=C(NC(CCCCNc1cc([N+](=O)[O-])cc([N+](=O)[O-])c1)C(=O)O)OCC1c2ccccc2-c2ccccc21. The highest BCUT2D eigenvalue weighted by atomic mass is 16.6. The van der Waals surface area contributed by atoms with Crippen molar-refractivity contribution >= 4 is 29.1 Å². The topological polar surface area (TPSA) is 174 Å². The molecule has 202 valence electrons. The van der Waals surface area contributed by atoms with Gasteiger partial charge in [0.2, 0.25) is 0 Å². The van der Waals surface area contributed by atoms with Crippen LogP contribution in [-0.4, -0.2) is 46.2 Å². The number of alkyl carbamates (subject to hydrolysis) is 1. The molecule has 1 aliphatic rings. The summed E-state index contributed by atoms with van der Waals surface area (Å²) in [4.78, 5) is 44.8. The van der Waals surface area contributed by atoms with Crippen LogP contribution in [-0.2, 0) is 9.53 Å². The van der Waals surface area contributed by atoms with E-state index in [0.717, 1.165) is 28.3 Å². The maximum absolute atomic E-state index is 12.5. The molecule has 12 heteroatoms. The van der Waals surface area contributed by atoms with Crippen LogP contribution in [0.15, 0.2) is 66.7 Å². The molecule has 4 rings (SSSR count). The normalized spacial score (nSPS) is 12.6. The van der Waals surface area contributed by atoms with E-state index in [9.17, 15) is 34.9 Å². The van der Waals surface area contributed by atoms with Crippen molar-refractivity contribution in [1.29, 1.82) is 0 Å². The highest BCUT2D eigenvalue weighted by molar-refractivity contribution is 5.81. The van der Waals surface area contributed by atoms with Gasteiger partial charge < -0.3 is 20.5 Å². The van der Waals surface area contributed by atoms with Gasteiger partial charge in [0.25, 0.3) is 11.4 Å². The number of benzene rings is 3. The van der Waals surface area contributed by atoms with Gasteiger partial charge in [-0.25, -0.2) is 9.59 Å². The highest BCUT2D eigenvalue weighted by Gasteiger charge is 2.29. The lowest BCUT2D eigenvalue weighted by Gasteiger charge is -2.17. The molecule has 0 heterocycles. The summed E-state index contributed by atoms with van der Waals surface area (Å²) in [6.45, 7) is 0.348. The van der Waals surface area contributed by atoms with Crippen molar-refractivity contribution in [3.8, 4) is 11.1 Å². The van der Waals surface area contributed by atoms with Crippen LogP contribution in [0.25, 0.3) is 11.1 Å². The van der Waals surface area contributed by atoms with Gasteiger partial charge >= 0.3 is 12.1 Å². The lowest BCUT2D eigenvalue weighted by molar-refractivity contribution is -0.394. The summed E-state index contributed by atoms with van der Waals surface area (Å²) in [7, 11) is 0. The molecular weight excluding hydrogens is 508 g/mol. The van der Waals surface area contributed by atoms with Gasteiger partial charge in [0, 0.05) is 30.3 Å². The van der Waals surface area contributed by atoms with Crippen LogP contribution < -0.4 is 10.6 Å². The van der Waals surface area contributed by atoms with Crippen LogP contribution in [0.4, 0.5) is 21.9 Å². The van der Waals surface area contributed by atoms with E-state index in [1.54, 1.807) is 0 Å². The molecule has 12 nitrogen and oxygen atoms in total. The van der Waals surface area contributed by atoms with E-state index in [0.29, 0.717) is 12.8 Å². The Hall–Kier alpha value is -5.00. The van der Waals surface area contributed by atoms with Crippen LogP contribution in [0.5, 0.6) is 0 Å². The number of anilines is 1. The van der Waals surface area contributed by atoms with E-state index in [4.69, 9.17) is 4.74 Å². The van der Waals surface area contributed by atoms with Crippen LogP contribution in [0, 0.1) is 20.2 Å². The zero-order valence-electron chi connectivity index (χ0n) is 20.7. The number of unbranched alkanes of at least 4 members (excludes halogenated alkanes) is 1. The average Bonchev–Trinajstić information content (AvgIpc) is 3.24. The molecule has 0 saturated carbocycles. The zero-order valence-corrected chi connectivity index (χ0v) is 20.7. The Morgan fingerprint density at radius 3 is 2.00 bits per heavy atom. The maximum Gasteiger partial charge on any atom is 0.407 e. The lowest BCUT2D eigenvalue weighted by Crippen LogP contribution is -2.41. The van der Waals surface area contributed by atoms with Gasteiger partial charge in [-0.3, -0.25) is 20.2 Å². The Balaban J connectivity index is 1.26. The van der Waals surface area contributed by atoms with Gasteiger partial charge in [-0.05, 0) is 41.5 Å². The summed E-state index contributed by atoms with van der Waals surface area (Å²) < 4.78 is 5.43. The van der Waals surface area contributed by atoms with E-state index >= 15 is 0 Å². The second kappa shape index (κ2) is 12.0. The Labute approximate surface area is 222 Å². The molecule has 1 atom stereocenters. The van der Waals surface area contributed by atoms with E-state index in [-0.39, 0.29) is 31.2 Å². The molecule has 0 aliphatic heterocycles. The van der Waals surface area contributed by atoms with Gasteiger partial charge in [-0.15, -0.1) is 0 Å². The first-order valence-electron chi connectivity index (χ1n) is 12.3. The summed E-state index contributed by atoms with van der Waals surface area (Å²) in [5.74, 6) is -1.35. The van der Waals surface area contributed by atoms with Crippen LogP contribution in [0.2, 0.25) is 0 Å². The largest absolute Gasteiger partial charge is 0.480 e. The number of carbonyl (C=O) groups is 2. The first kappa shape index (κ1) is 27.0. The number of non-ortho nitro benzene ring substituents is 2. The molecule has 3 aromatic rings. The summed E-state index contributed by atoms with van der Waals surface area (Å²) >= 11 is 0. The first-order chi connectivity index (χ1) is 18.7. The predicted molar refractivity (Wildman–Crippen MR) is 142 cm³/mol. The van der Waals surface area contributed by atoms with Crippen molar-refractivity contribution in [2.75, 3.05) is 18.5 Å². The summed E-state index contributed by atoms with van der Waals surface area (Å²) in [5, 5.41) is 36.9. The number of aliphatic carboxylic acids is 1. The predicted octanol–water partition coefficient (Wildman–Crippen LogP) is 5.08. The number of rotatable bonds is 12. The fourth-order valence-electron chi connectivity index (χ4n) is 4.65. The summed E-state index contributed by atoms with van der Waals surface area (Å²) in [5.41, 5.74) is 3.64. The monoisotopic (exact) mass is 534 g/mol. The molecule has 1 aliphatic carbocycles. The number of nitrogens with one attached hydrogen (secondary N) is 2. The van der Waals surface area contributed by atoms with Crippen LogP contribution >= 0.6 is 0 Å². The molecule has 0 spiro atoms. The maximum atomic E-state index is 12.5. The van der Waals surface area contributed by atoms with Crippen LogP contribution in [0.1, 0.15) is 36.3 Å². The molecule has 1 amide bonds. The lowest BCUT2D eigenvalue weighted by atomic mass is 9.98. The fourth-order valence-corrected chi connectivity index (χ4v) is 4.65. The van der Waals surface area contributed by atoms with E-state index < -0.39 is 39.3 Å².